The highest BCUT2D eigenvalue weighted by Gasteiger charge is 2.27. The number of halogens is 1. The summed E-state index contributed by atoms with van der Waals surface area (Å²) in [5.41, 5.74) is -0.0418. The van der Waals surface area contributed by atoms with Gasteiger partial charge >= 0.3 is 5.97 Å². The zero-order chi connectivity index (χ0) is 18.8. The molecule has 6 nitrogen and oxygen atoms in total. The van der Waals surface area contributed by atoms with E-state index in [4.69, 9.17) is 0 Å². The number of nitrogens with zero attached hydrogens (tertiary/aromatic N) is 2. The molecule has 7 heteroatoms. The largest absolute Gasteiger partial charge is 0.477 e. The number of rotatable bonds is 8. The molecular formula is C19H24FN3O3. The molecular weight excluding hydrogens is 337 g/mol. The molecule has 1 aromatic carbocycles. The van der Waals surface area contributed by atoms with Gasteiger partial charge in [0.25, 0.3) is 0 Å². The maximum Gasteiger partial charge on any atom is 0.341 e. The predicted octanol–water partition coefficient (Wildman–Crippen LogP) is 2.93. The van der Waals surface area contributed by atoms with Crippen LogP contribution in [0.1, 0.15) is 43.1 Å². The van der Waals surface area contributed by atoms with Gasteiger partial charge in [0.05, 0.1) is 11.2 Å². The first-order valence-corrected chi connectivity index (χ1v) is 9.04. The van der Waals surface area contributed by atoms with Crippen molar-refractivity contribution in [2.75, 3.05) is 31.5 Å². The number of nitrogens with one attached hydrogen (secondary N) is 1. The van der Waals surface area contributed by atoms with Crippen LogP contribution in [0.4, 0.5) is 10.1 Å². The summed E-state index contributed by atoms with van der Waals surface area (Å²) in [5, 5.41) is 12.5. The van der Waals surface area contributed by atoms with Gasteiger partial charge in [-0.3, -0.25) is 4.79 Å². The first-order valence-electron chi connectivity index (χ1n) is 9.04. The van der Waals surface area contributed by atoms with Crippen molar-refractivity contribution in [1.29, 1.82) is 0 Å². The minimum absolute atomic E-state index is 0.114. The van der Waals surface area contributed by atoms with Crippen LogP contribution in [0.15, 0.2) is 23.1 Å². The molecule has 1 aliphatic rings. The first kappa shape index (κ1) is 18.4. The van der Waals surface area contributed by atoms with Gasteiger partial charge in [-0.05, 0) is 38.1 Å². The molecule has 0 aliphatic heterocycles. The average Bonchev–Trinajstić information content (AvgIpc) is 3.44. The zero-order valence-electron chi connectivity index (χ0n) is 15.1. The number of anilines is 1. The molecule has 2 N–H and O–H groups in total. The van der Waals surface area contributed by atoms with Gasteiger partial charge in [0, 0.05) is 30.7 Å². The molecule has 2 aromatic rings. The molecule has 1 saturated carbocycles. The molecule has 26 heavy (non-hydrogen) atoms. The van der Waals surface area contributed by atoms with Crippen LogP contribution < -0.4 is 10.7 Å². The van der Waals surface area contributed by atoms with Crippen molar-refractivity contribution >= 4 is 22.6 Å². The fourth-order valence-corrected chi connectivity index (χ4v) is 3.20. The van der Waals surface area contributed by atoms with Gasteiger partial charge < -0.3 is 19.9 Å². The van der Waals surface area contributed by atoms with E-state index in [0.717, 1.165) is 38.5 Å². The van der Waals surface area contributed by atoms with Crippen LogP contribution in [0, 0.1) is 5.82 Å². The lowest BCUT2D eigenvalue weighted by atomic mass is 10.1. The quantitative estimate of drug-likeness (QED) is 0.756. The molecule has 0 unspecified atom stereocenters. The number of pyridine rings is 1. The maximum atomic E-state index is 14.5. The van der Waals surface area contributed by atoms with Crippen molar-refractivity contribution in [3.05, 3.63) is 39.9 Å². The SMILES string of the molecule is CCN(CC)CCNc1cc2c(cc1F)c(=O)c(C(=O)O)cn2C1CC1. The van der Waals surface area contributed by atoms with E-state index in [0.29, 0.717) is 17.7 Å². The number of carbonyl (C=O) groups is 1. The number of carboxylic acids is 1. The van der Waals surface area contributed by atoms with E-state index in [1.165, 1.54) is 6.20 Å². The summed E-state index contributed by atoms with van der Waals surface area (Å²) < 4.78 is 16.3. The van der Waals surface area contributed by atoms with E-state index in [1.807, 2.05) is 0 Å². The smallest absolute Gasteiger partial charge is 0.341 e. The van der Waals surface area contributed by atoms with Gasteiger partial charge in [-0.15, -0.1) is 0 Å². The van der Waals surface area contributed by atoms with Crippen LogP contribution in [-0.2, 0) is 0 Å². The monoisotopic (exact) mass is 361 g/mol. The van der Waals surface area contributed by atoms with Gasteiger partial charge in [0.1, 0.15) is 11.4 Å². The summed E-state index contributed by atoms with van der Waals surface area (Å²) in [6.45, 7) is 7.39. The minimum Gasteiger partial charge on any atom is -0.477 e. The Hall–Kier alpha value is -2.41. The van der Waals surface area contributed by atoms with Gasteiger partial charge in [-0.2, -0.15) is 0 Å². The number of hydrogen-bond donors (Lipinski definition) is 2. The number of likely N-dealkylation sites (N-methyl/N-ethyl adjacent to an activating group) is 1. The van der Waals surface area contributed by atoms with E-state index in [9.17, 15) is 19.1 Å². The highest BCUT2D eigenvalue weighted by atomic mass is 19.1. The Labute approximate surface area is 151 Å². The highest BCUT2D eigenvalue weighted by Crippen LogP contribution is 2.37. The third-order valence-corrected chi connectivity index (χ3v) is 4.93. The third kappa shape index (κ3) is 3.58. The lowest BCUT2D eigenvalue weighted by molar-refractivity contribution is 0.0695. The van der Waals surface area contributed by atoms with E-state index >= 15 is 0 Å². The molecule has 1 aromatic heterocycles. The van der Waals surface area contributed by atoms with Crippen molar-refractivity contribution in [2.45, 2.75) is 32.7 Å². The highest BCUT2D eigenvalue weighted by molar-refractivity contribution is 5.93. The topological polar surface area (TPSA) is 74.6 Å². The zero-order valence-corrected chi connectivity index (χ0v) is 15.1. The Morgan fingerprint density at radius 2 is 2.04 bits per heavy atom. The number of aromatic carboxylic acids is 1. The van der Waals surface area contributed by atoms with Crippen LogP contribution in [-0.4, -0.2) is 46.7 Å². The molecule has 1 aliphatic carbocycles. The Kier molecular flexibility index (Phi) is 5.27. The van der Waals surface area contributed by atoms with Crippen LogP contribution in [0.2, 0.25) is 0 Å². The van der Waals surface area contributed by atoms with Crippen LogP contribution in [0.3, 0.4) is 0 Å². The van der Waals surface area contributed by atoms with E-state index in [1.54, 1.807) is 10.6 Å². The summed E-state index contributed by atoms with van der Waals surface area (Å²) in [4.78, 5) is 26.0. The molecule has 3 rings (SSSR count). The molecule has 0 radical (unpaired) electrons. The average molecular weight is 361 g/mol. The summed E-state index contributed by atoms with van der Waals surface area (Å²) in [6, 6.07) is 2.95. The summed E-state index contributed by atoms with van der Waals surface area (Å²) in [5.74, 6) is -1.83. The molecule has 0 spiro atoms. The van der Waals surface area contributed by atoms with Crippen molar-refractivity contribution in [3.63, 3.8) is 0 Å². The summed E-state index contributed by atoms with van der Waals surface area (Å²) in [7, 11) is 0. The van der Waals surface area contributed by atoms with Gasteiger partial charge in [-0.1, -0.05) is 13.8 Å². The lowest BCUT2D eigenvalue weighted by Crippen LogP contribution is -2.28. The molecule has 0 saturated heterocycles. The van der Waals surface area contributed by atoms with Gasteiger partial charge in [0.15, 0.2) is 0 Å². The second kappa shape index (κ2) is 7.45. The number of carboxylic acid groups (broad SMARTS) is 1. The van der Waals surface area contributed by atoms with Crippen molar-refractivity contribution in [2.24, 2.45) is 0 Å². The van der Waals surface area contributed by atoms with Crippen molar-refractivity contribution < 1.29 is 14.3 Å². The van der Waals surface area contributed by atoms with E-state index < -0.39 is 17.2 Å². The second-order valence-corrected chi connectivity index (χ2v) is 6.62. The molecule has 0 bridgehead atoms. The second-order valence-electron chi connectivity index (χ2n) is 6.62. The molecule has 0 amide bonds. The fourth-order valence-electron chi connectivity index (χ4n) is 3.20. The minimum atomic E-state index is -1.28. The predicted molar refractivity (Wildman–Crippen MR) is 99.7 cm³/mol. The Morgan fingerprint density at radius 1 is 1.35 bits per heavy atom. The number of fused-ring (bicyclic) bond motifs is 1. The van der Waals surface area contributed by atoms with Crippen molar-refractivity contribution in [3.8, 4) is 0 Å². The molecule has 140 valence electrons. The Balaban J connectivity index is 1.99. The van der Waals surface area contributed by atoms with E-state index in [-0.39, 0.29) is 17.0 Å². The first-order chi connectivity index (χ1) is 12.5. The standard InChI is InChI=1S/C19H24FN3O3/c1-3-22(4-2)8-7-21-16-10-17-13(9-15(16)20)18(24)14(19(25)26)11-23(17)12-5-6-12/h9-12,21H,3-8H2,1-2H3,(H,25,26). The number of benzene rings is 1. The van der Waals surface area contributed by atoms with Gasteiger partial charge in [-0.25, -0.2) is 9.18 Å². The molecule has 1 fully saturated rings. The molecule has 0 atom stereocenters. The van der Waals surface area contributed by atoms with Crippen LogP contribution >= 0.6 is 0 Å². The number of aromatic nitrogens is 1. The fraction of sp³-hybridized carbons (Fsp3) is 0.474. The van der Waals surface area contributed by atoms with Gasteiger partial charge in [0.2, 0.25) is 5.43 Å². The third-order valence-electron chi connectivity index (χ3n) is 4.93. The Morgan fingerprint density at radius 3 is 2.62 bits per heavy atom. The summed E-state index contributed by atoms with van der Waals surface area (Å²) in [6.07, 6.45) is 3.25. The van der Waals surface area contributed by atoms with Crippen LogP contribution in [0.25, 0.3) is 10.9 Å². The number of hydrogen-bond acceptors (Lipinski definition) is 4. The van der Waals surface area contributed by atoms with E-state index in [2.05, 4.69) is 24.1 Å². The normalized spacial score (nSPS) is 14.2. The maximum absolute atomic E-state index is 14.5. The lowest BCUT2D eigenvalue weighted by Gasteiger charge is -2.19. The summed E-state index contributed by atoms with van der Waals surface area (Å²) >= 11 is 0. The molecule has 1 heterocycles. The van der Waals surface area contributed by atoms with Crippen LogP contribution in [0.5, 0.6) is 0 Å². The van der Waals surface area contributed by atoms with Crippen molar-refractivity contribution in [1.82, 2.24) is 9.47 Å². The Bertz CT molecular complexity index is 886.